The van der Waals surface area contributed by atoms with Gasteiger partial charge in [-0.15, -0.1) is 0 Å². The van der Waals surface area contributed by atoms with Crippen molar-refractivity contribution in [3.05, 3.63) is 0 Å². The number of hydrogen-bond acceptors (Lipinski definition) is 4. The number of nitrogens with two attached hydrogens (primary N) is 1. The van der Waals surface area contributed by atoms with Gasteiger partial charge in [-0.3, -0.25) is 9.59 Å². The molecular weight excluding hydrogens is 220 g/mol. The number of methoxy groups -OCH3 is 1. The second kappa shape index (κ2) is 7.27. The van der Waals surface area contributed by atoms with E-state index in [0.29, 0.717) is 6.54 Å². The molecule has 0 rings (SSSR count). The van der Waals surface area contributed by atoms with Crippen LogP contribution in [0.15, 0.2) is 0 Å². The van der Waals surface area contributed by atoms with Crippen LogP contribution in [0.5, 0.6) is 0 Å². The van der Waals surface area contributed by atoms with Crippen LogP contribution in [0.2, 0.25) is 0 Å². The Morgan fingerprint density at radius 3 is 2.06 bits per heavy atom. The standard InChI is InChI=1S/C12H24N2O3/c1-8(2)10(6-13)12(16)14(9(3)4)7-11(15)17-5/h8-10H,6-7,13H2,1-5H3. The fraction of sp³-hybridized carbons (Fsp3) is 0.833. The highest BCUT2D eigenvalue weighted by Gasteiger charge is 2.28. The summed E-state index contributed by atoms with van der Waals surface area (Å²) in [5.74, 6) is -0.581. The molecule has 2 N–H and O–H groups in total. The number of esters is 1. The van der Waals surface area contributed by atoms with Gasteiger partial charge in [0.2, 0.25) is 5.91 Å². The normalized spacial score (nSPS) is 12.7. The number of rotatable bonds is 6. The van der Waals surface area contributed by atoms with Crippen LogP contribution in [-0.4, -0.2) is 43.0 Å². The highest BCUT2D eigenvalue weighted by Crippen LogP contribution is 2.15. The lowest BCUT2D eigenvalue weighted by Gasteiger charge is -2.30. The van der Waals surface area contributed by atoms with E-state index >= 15 is 0 Å². The maximum absolute atomic E-state index is 12.2. The van der Waals surface area contributed by atoms with E-state index in [4.69, 9.17) is 5.73 Å². The minimum absolute atomic E-state index is 0.0176. The molecule has 0 aromatic heterocycles. The number of ether oxygens (including phenoxy) is 1. The summed E-state index contributed by atoms with van der Waals surface area (Å²) in [5.41, 5.74) is 5.61. The minimum Gasteiger partial charge on any atom is -0.468 e. The summed E-state index contributed by atoms with van der Waals surface area (Å²) >= 11 is 0. The van der Waals surface area contributed by atoms with Crippen molar-refractivity contribution in [3.63, 3.8) is 0 Å². The maximum Gasteiger partial charge on any atom is 0.325 e. The van der Waals surface area contributed by atoms with Gasteiger partial charge >= 0.3 is 5.97 Å². The summed E-state index contributed by atoms with van der Waals surface area (Å²) in [4.78, 5) is 25.0. The van der Waals surface area contributed by atoms with Crippen LogP contribution >= 0.6 is 0 Å². The largest absolute Gasteiger partial charge is 0.468 e. The molecule has 5 heteroatoms. The van der Waals surface area contributed by atoms with Gasteiger partial charge in [-0.2, -0.15) is 0 Å². The molecule has 0 saturated heterocycles. The molecule has 0 fully saturated rings. The van der Waals surface area contributed by atoms with Crippen molar-refractivity contribution in [3.8, 4) is 0 Å². The Balaban J connectivity index is 4.81. The topological polar surface area (TPSA) is 72.6 Å². The molecular formula is C12H24N2O3. The third kappa shape index (κ3) is 4.73. The summed E-state index contributed by atoms with van der Waals surface area (Å²) in [5, 5.41) is 0. The molecule has 0 spiro atoms. The summed E-state index contributed by atoms with van der Waals surface area (Å²) < 4.78 is 4.59. The summed E-state index contributed by atoms with van der Waals surface area (Å²) in [7, 11) is 1.31. The monoisotopic (exact) mass is 244 g/mol. The van der Waals surface area contributed by atoms with Gasteiger partial charge in [-0.25, -0.2) is 0 Å². The SMILES string of the molecule is COC(=O)CN(C(=O)C(CN)C(C)C)C(C)C. The Kier molecular flexibility index (Phi) is 6.80. The minimum atomic E-state index is -0.411. The molecule has 0 bridgehead atoms. The quantitative estimate of drug-likeness (QED) is 0.695. The van der Waals surface area contributed by atoms with Gasteiger partial charge in [0, 0.05) is 12.6 Å². The second-order valence-corrected chi connectivity index (χ2v) is 4.72. The lowest BCUT2D eigenvalue weighted by atomic mass is 9.94. The van der Waals surface area contributed by atoms with Crippen molar-refractivity contribution in [2.45, 2.75) is 33.7 Å². The third-order valence-corrected chi connectivity index (χ3v) is 2.81. The molecule has 1 atom stereocenters. The first kappa shape index (κ1) is 15.9. The summed E-state index contributed by atoms with van der Waals surface area (Å²) in [6.07, 6.45) is 0. The van der Waals surface area contributed by atoms with Crippen LogP contribution in [0.3, 0.4) is 0 Å². The van der Waals surface area contributed by atoms with E-state index in [2.05, 4.69) is 4.74 Å². The highest BCUT2D eigenvalue weighted by atomic mass is 16.5. The molecule has 1 unspecified atom stereocenters. The molecule has 5 nitrogen and oxygen atoms in total. The van der Waals surface area contributed by atoms with E-state index in [0.717, 1.165) is 0 Å². The fourth-order valence-electron chi connectivity index (χ4n) is 1.59. The molecule has 0 saturated carbocycles. The first-order valence-electron chi connectivity index (χ1n) is 5.92. The molecule has 0 aromatic rings. The number of carbonyl (C=O) groups excluding carboxylic acids is 2. The first-order chi connectivity index (χ1) is 7.84. The van der Waals surface area contributed by atoms with E-state index in [9.17, 15) is 9.59 Å². The van der Waals surface area contributed by atoms with Crippen molar-refractivity contribution in [1.29, 1.82) is 0 Å². The first-order valence-corrected chi connectivity index (χ1v) is 5.92. The molecule has 0 aliphatic rings. The molecule has 0 aromatic carbocycles. The van der Waals surface area contributed by atoms with Crippen LogP contribution < -0.4 is 5.73 Å². The maximum atomic E-state index is 12.2. The van der Waals surface area contributed by atoms with Crippen molar-refractivity contribution in [2.24, 2.45) is 17.6 Å². The molecule has 0 heterocycles. The highest BCUT2D eigenvalue weighted by molar-refractivity contribution is 5.84. The van der Waals surface area contributed by atoms with Crippen molar-refractivity contribution in [1.82, 2.24) is 4.90 Å². The summed E-state index contributed by atoms with van der Waals surface area (Å²) in [6, 6.07) is -0.0469. The summed E-state index contributed by atoms with van der Waals surface area (Å²) in [6.45, 7) is 7.92. The van der Waals surface area contributed by atoms with Gasteiger partial charge < -0.3 is 15.4 Å². The van der Waals surface area contributed by atoms with Crippen molar-refractivity contribution < 1.29 is 14.3 Å². The van der Waals surface area contributed by atoms with Crippen LogP contribution in [0.4, 0.5) is 0 Å². The van der Waals surface area contributed by atoms with Gasteiger partial charge in [0.1, 0.15) is 6.54 Å². The molecule has 17 heavy (non-hydrogen) atoms. The Labute approximate surface area is 103 Å². The van der Waals surface area contributed by atoms with Gasteiger partial charge in [0.15, 0.2) is 0 Å². The number of carbonyl (C=O) groups is 2. The Bertz CT molecular complexity index is 264. The van der Waals surface area contributed by atoms with E-state index in [-0.39, 0.29) is 30.3 Å². The lowest BCUT2D eigenvalue weighted by Crippen LogP contribution is -2.47. The molecule has 0 radical (unpaired) electrons. The molecule has 100 valence electrons. The van der Waals surface area contributed by atoms with Crippen molar-refractivity contribution in [2.75, 3.05) is 20.2 Å². The Hall–Kier alpha value is -1.10. The average molecular weight is 244 g/mol. The van der Waals surface area contributed by atoms with Crippen molar-refractivity contribution >= 4 is 11.9 Å². The van der Waals surface area contributed by atoms with E-state index < -0.39 is 5.97 Å². The Morgan fingerprint density at radius 1 is 1.24 bits per heavy atom. The third-order valence-electron chi connectivity index (χ3n) is 2.81. The predicted molar refractivity (Wildman–Crippen MR) is 66.2 cm³/mol. The zero-order valence-corrected chi connectivity index (χ0v) is 11.4. The predicted octanol–water partition coefficient (Wildman–Crippen LogP) is 0.627. The van der Waals surface area contributed by atoms with Crippen LogP contribution in [-0.2, 0) is 14.3 Å². The van der Waals surface area contributed by atoms with Crippen LogP contribution in [0, 0.1) is 11.8 Å². The molecule has 1 amide bonds. The van der Waals surface area contributed by atoms with Gasteiger partial charge in [-0.05, 0) is 19.8 Å². The molecule has 0 aliphatic carbocycles. The van der Waals surface area contributed by atoms with Gasteiger partial charge in [0.25, 0.3) is 0 Å². The average Bonchev–Trinajstić information content (AvgIpc) is 2.25. The molecule has 0 aliphatic heterocycles. The number of nitrogens with zero attached hydrogens (tertiary/aromatic N) is 1. The van der Waals surface area contributed by atoms with Gasteiger partial charge in [-0.1, -0.05) is 13.8 Å². The van der Waals surface area contributed by atoms with E-state index in [1.165, 1.54) is 12.0 Å². The van der Waals surface area contributed by atoms with E-state index in [1.807, 2.05) is 27.7 Å². The number of amides is 1. The second-order valence-electron chi connectivity index (χ2n) is 4.72. The van der Waals surface area contributed by atoms with Crippen LogP contribution in [0.1, 0.15) is 27.7 Å². The Morgan fingerprint density at radius 2 is 1.76 bits per heavy atom. The number of hydrogen-bond donors (Lipinski definition) is 1. The lowest BCUT2D eigenvalue weighted by molar-refractivity contribution is -0.150. The smallest absolute Gasteiger partial charge is 0.325 e. The fourth-order valence-corrected chi connectivity index (χ4v) is 1.59. The van der Waals surface area contributed by atoms with Crippen LogP contribution in [0.25, 0.3) is 0 Å². The van der Waals surface area contributed by atoms with E-state index in [1.54, 1.807) is 0 Å². The zero-order chi connectivity index (χ0) is 13.6. The van der Waals surface area contributed by atoms with Gasteiger partial charge in [0.05, 0.1) is 13.0 Å². The zero-order valence-electron chi connectivity index (χ0n) is 11.4.